The van der Waals surface area contributed by atoms with Gasteiger partial charge in [-0.3, -0.25) is 4.79 Å². The van der Waals surface area contributed by atoms with E-state index in [1.807, 2.05) is 0 Å². The topological polar surface area (TPSA) is 91.3 Å². The average Bonchev–Trinajstić information content (AvgIpc) is 2.68. The Bertz CT molecular complexity index is 718. The Morgan fingerprint density at radius 2 is 1.93 bits per heavy atom. The van der Waals surface area contributed by atoms with Gasteiger partial charge in [-0.1, -0.05) is 18.2 Å². The van der Waals surface area contributed by atoms with E-state index in [0.717, 1.165) is 5.56 Å². The number of carbonyl (C=O) groups excluding carboxylic acids is 2. The first-order valence-corrected chi connectivity index (χ1v) is 8.56. The summed E-state index contributed by atoms with van der Waals surface area (Å²) < 4.78 is 20.8. The number of phenols is 1. The van der Waals surface area contributed by atoms with Gasteiger partial charge in [-0.15, -0.1) is 0 Å². The van der Waals surface area contributed by atoms with Crippen molar-refractivity contribution in [2.24, 2.45) is 5.92 Å². The van der Waals surface area contributed by atoms with Crippen molar-refractivity contribution in [3.05, 3.63) is 53.3 Å². The van der Waals surface area contributed by atoms with Crippen LogP contribution in [0.25, 0.3) is 0 Å². The molecule has 146 valence electrons. The number of hydrogen-bond donors (Lipinski definition) is 1. The molecule has 1 N–H and O–H groups in total. The van der Waals surface area contributed by atoms with Crippen LogP contribution in [-0.4, -0.2) is 44.2 Å². The molecule has 2 rings (SSSR count). The van der Waals surface area contributed by atoms with Crippen LogP contribution in [0.4, 0.5) is 0 Å². The van der Waals surface area contributed by atoms with Gasteiger partial charge in [0, 0.05) is 25.0 Å². The highest BCUT2D eigenvalue weighted by Crippen LogP contribution is 2.34. The summed E-state index contributed by atoms with van der Waals surface area (Å²) in [5, 5.41) is 9.28. The van der Waals surface area contributed by atoms with Crippen molar-refractivity contribution in [2.45, 2.75) is 26.1 Å². The molecule has 7 nitrogen and oxygen atoms in total. The maximum absolute atomic E-state index is 12.3. The fraction of sp³-hybridized carbons (Fsp3) is 0.400. The van der Waals surface area contributed by atoms with Crippen LogP contribution in [0, 0.1) is 5.92 Å². The summed E-state index contributed by atoms with van der Waals surface area (Å²) in [6.45, 7) is 1.98. The molecule has 0 saturated carbocycles. The van der Waals surface area contributed by atoms with Crippen LogP contribution in [0.2, 0.25) is 0 Å². The Morgan fingerprint density at radius 3 is 2.52 bits per heavy atom. The number of esters is 2. The summed E-state index contributed by atoms with van der Waals surface area (Å²) in [6.07, 6.45) is 2.87. The van der Waals surface area contributed by atoms with E-state index in [1.165, 1.54) is 20.5 Å². The predicted octanol–water partition coefficient (Wildman–Crippen LogP) is 2.49. The zero-order chi connectivity index (χ0) is 19.8. The second-order valence-corrected chi connectivity index (χ2v) is 5.95. The van der Waals surface area contributed by atoms with Crippen molar-refractivity contribution in [1.82, 2.24) is 0 Å². The van der Waals surface area contributed by atoms with Crippen LogP contribution in [0.5, 0.6) is 5.75 Å². The van der Waals surface area contributed by atoms with E-state index in [-0.39, 0.29) is 24.4 Å². The van der Waals surface area contributed by atoms with E-state index in [4.69, 9.17) is 18.9 Å². The van der Waals surface area contributed by atoms with E-state index in [9.17, 15) is 14.7 Å². The monoisotopic (exact) mass is 376 g/mol. The second kappa shape index (κ2) is 9.78. The molecule has 27 heavy (non-hydrogen) atoms. The highest BCUT2D eigenvalue weighted by atomic mass is 16.7. The molecule has 0 unspecified atom stereocenters. The predicted molar refractivity (Wildman–Crippen MR) is 96.6 cm³/mol. The molecule has 0 aliphatic carbocycles. The molecule has 1 heterocycles. The van der Waals surface area contributed by atoms with Crippen molar-refractivity contribution in [3.63, 3.8) is 0 Å². The first kappa shape index (κ1) is 20.5. The lowest BCUT2D eigenvalue weighted by molar-refractivity contribution is -0.145. The SMILES string of the molecule is C/C=C1\[C@@H](OC)OC=C(C(=O)OC)[C@H]1CC(=O)OCCc1ccc(O)cc1. The summed E-state index contributed by atoms with van der Waals surface area (Å²) in [4.78, 5) is 24.3. The third-order valence-electron chi connectivity index (χ3n) is 4.30. The van der Waals surface area contributed by atoms with E-state index >= 15 is 0 Å². The Labute approximate surface area is 158 Å². The van der Waals surface area contributed by atoms with Gasteiger partial charge < -0.3 is 24.1 Å². The number of carbonyl (C=O) groups is 2. The van der Waals surface area contributed by atoms with Crippen LogP contribution >= 0.6 is 0 Å². The summed E-state index contributed by atoms with van der Waals surface area (Å²) in [5.41, 5.74) is 1.85. The van der Waals surface area contributed by atoms with Crippen LogP contribution in [-0.2, 0) is 35.0 Å². The van der Waals surface area contributed by atoms with Crippen LogP contribution in [0.3, 0.4) is 0 Å². The molecule has 0 bridgehead atoms. The molecule has 2 atom stereocenters. The van der Waals surface area contributed by atoms with E-state index < -0.39 is 24.1 Å². The molecule has 0 radical (unpaired) electrons. The quantitative estimate of drug-likeness (QED) is 0.577. The Balaban J connectivity index is 2.00. The zero-order valence-corrected chi connectivity index (χ0v) is 15.6. The lowest BCUT2D eigenvalue weighted by Crippen LogP contribution is -2.32. The van der Waals surface area contributed by atoms with Crippen LogP contribution < -0.4 is 0 Å². The maximum atomic E-state index is 12.3. The molecule has 0 aromatic heterocycles. The Kier molecular flexibility index (Phi) is 7.43. The highest BCUT2D eigenvalue weighted by Gasteiger charge is 2.36. The summed E-state index contributed by atoms with van der Waals surface area (Å²) >= 11 is 0. The lowest BCUT2D eigenvalue weighted by Gasteiger charge is -2.30. The first-order valence-electron chi connectivity index (χ1n) is 8.56. The number of phenolic OH excluding ortho intramolecular Hbond substituents is 1. The third-order valence-corrected chi connectivity index (χ3v) is 4.30. The largest absolute Gasteiger partial charge is 0.508 e. The van der Waals surface area contributed by atoms with Gasteiger partial charge in [0.15, 0.2) is 0 Å². The third kappa shape index (κ3) is 5.34. The molecule has 0 fully saturated rings. The highest BCUT2D eigenvalue weighted by molar-refractivity contribution is 5.90. The minimum atomic E-state index is -0.668. The van der Waals surface area contributed by atoms with E-state index in [2.05, 4.69) is 0 Å². The standard InChI is InChI=1S/C20H24O7/c1-4-15-16(17(19(23)24-2)12-27-20(15)25-3)11-18(22)26-10-9-13-5-7-14(21)8-6-13/h4-8,12,16,20-21H,9-11H2,1-3H3/b15-4-/t16-,20-/m0/s1. The first-order chi connectivity index (χ1) is 13.0. The number of benzene rings is 1. The minimum Gasteiger partial charge on any atom is -0.508 e. The van der Waals surface area contributed by atoms with Gasteiger partial charge in [-0.25, -0.2) is 4.79 Å². The Morgan fingerprint density at radius 1 is 1.22 bits per heavy atom. The lowest BCUT2D eigenvalue weighted by atomic mass is 9.86. The maximum Gasteiger partial charge on any atom is 0.337 e. The summed E-state index contributed by atoms with van der Waals surface area (Å²) in [6, 6.07) is 6.69. The van der Waals surface area contributed by atoms with Crippen molar-refractivity contribution in [2.75, 3.05) is 20.8 Å². The van der Waals surface area contributed by atoms with Crippen LogP contribution in [0.15, 0.2) is 47.7 Å². The fourth-order valence-electron chi connectivity index (χ4n) is 2.88. The number of ether oxygens (including phenoxy) is 4. The van der Waals surface area contributed by atoms with E-state index in [1.54, 1.807) is 37.3 Å². The number of allylic oxidation sites excluding steroid dienone is 1. The molecule has 1 aliphatic rings. The fourth-order valence-corrected chi connectivity index (χ4v) is 2.88. The average molecular weight is 376 g/mol. The number of methoxy groups -OCH3 is 2. The molecular weight excluding hydrogens is 352 g/mol. The molecule has 7 heteroatoms. The summed E-state index contributed by atoms with van der Waals surface area (Å²) in [5.74, 6) is -1.36. The molecular formula is C20H24O7. The van der Waals surface area contributed by atoms with Crippen molar-refractivity contribution in [3.8, 4) is 5.75 Å². The van der Waals surface area contributed by atoms with Crippen molar-refractivity contribution < 1.29 is 33.6 Å². The second-order valence-electron chi connectivity index (χ2n) is 5.95. The smallest absolute Gasteiger partial charge is 0.337 e. The number of hydrogen-bond acceptors (Lipinski definition) is 7. The molecule has 0 amide bonds. The van der Waals surface area contributed by atoms with Gasteiger partial charge in [0.25, 0.3) is 0 Å². The van der Waals surface area contributed by atoms with Crippen molar-refractivity contribution >= 4 is 11.9 Å². The number of aromatic hydroxyl groups is 1. The van der Waals surface area contributed by atoms with Gasteiger partial charge in [0.1, 0.15) is 5.75 Å². The van der Waals surface area contributed by atoms with Gasteiger partial charge in [-0.05, 0) is 24.6 Å². The van der Waals surface area contributed by atoms with E-state index in [0.29, 0.717) is 12.0 Å². The number of rotatable bonds is 7. The molecule has 0 spiro atoms. The molecule has 1 aromatic carbocycles. The minimum absolute atomic E-state index is 0.0284. The molecule has 1 aliphatic heterocycles. The van der Waals surface area contributed by atoms with Crippen LogP contribution in [0.1, 0.15) is 18.9 Å². The van der Waals surface area contributed by atoms with Gasteiger partial charge >= 0.3 is 11.9 Å². The van der Waals surface area contributed by atoms with Crippen molar-refractivity contribution in [1.29, 1.82) is 0 Å². The summed E-state index contributed by atoms with van der Waals surface area (Å²) in [7, 11) is 2.76. The zero-order valence-electron chi connectivity index (χ0n) is 15.6. The van der Waals surface area contributed by atoms with Gasteiger partial charge in [0.05, 0.1) is 32.0 Å². The van der Waals surface area contributed by atoms with Gasteiger partial charge in [-0.2, -0.15) is 0 Å². The van der Waals surface area contributed by atoms with Gasteiger partial charge in [0.2, 0.25) is 6.29 Å². The normalized spacial score (nSPS) is 20.6. The molecule has 0 saturated heterocycles. The Hall–Kier alpha value is -2.80. The molecule has 1 aromatic rings.